The monoisotopic (exact) mass is 359 g/mol. The highest BCUT2D eigenvalue weighted by molar-refractivity contribution is 6.31. The summed E-state index contributed by atoms with van der Waals surface area (Å²) in [7, 11) is 3.17. The summed E-state index contributed by atoms with van der Waals surface area (Å²) in [5, 5.41) is 7.98. The molecule has 0 aliphatic carbocycles. The molecule has 0 aliphatic heterocycles. The van der Waals surface area contributed by atoms with E-state index in [4.69, 9.17) is 25.6 Å². The molecule has 0 aliphatic rings. The van der Waals surface area contributed by atoms with Gasteiger partial charge in [0.05, 0.1) is 20.8 Å². The molecule has 0 saturated heterocycles. The molecule has 7 heteroatoms. The summed E-state index contributed by atoms with van der Waals surface area (Å²) >= 11 is 6.12. The van der Waals surface area contributed by atoms with E-state index in [1.807, 2.05) is 37.3 Å². The quantitative estimate of drug-likeness (QED) is 0.706. The second kappa shape index (κ2) is 7.44. The van der Waals surface area contributed by atoms with E-state index < -0.39 is 0 Å². The lowest BCUT2D eigenvalue weighted by Crippen LogP contribution is -2.01. The fourth-order valence-electron chi connectivity index (χ4n) is 2.39. The topological polar surface area (TPSA) is 69.4 Å². The van der Waals surface area contributed by atoms with Gasteiger partial charge < -0.3 is 19.3 Å². The number of ether oxygens (including phenoxy) is 2. The standard InChI is InChI=1S/C18H18ClN3O3/c1-11-13(19)5-4-6-14(11)20-10-17-21-18(22-25-17)12-7-8-15(23-2)16(9-12)24-3/h4-9,20H,10H2,1-3H3. The molecule has 1 aromatic heterocycles. The highest BCUT2D eigenvalue weighted by Crippen LogP contribution is 2.31. The van der Waals surface area contributed by atoms with E-state index in [1.54, 1.807) is 20.3 Å². The smallest absolute Gasteiger partial charge is 0.246 e. The van der Waals surface area contributed by atoms with Gasteiger partial charge in [-0.3, -0.25) is 0 Å². The van der Waals surface area contributed by atoms with E-state index in [2.05, 4.69) is 15.5 Å². The van der Waals surface area contributed by atoms with Crippen LogP contribution < -0.4 is 14.8 Å². The summed E-state index contributed by atoms with van der Waals surface area (Å²) in [6.07, 6.45) is 0. The average molecular weight is 360 g/mol. The molecule has 1 N–H and O–H groups in total. The van der Waals surface area contributed by atoms with Gasteiger partial charge in [-0.15, -0.1) is 0 Å². The van der Waals surface area contributed by atoms with Gasteiger partial charge in [0, 0.05) is 16.3 Å². The number of methoxy groups -OCH3 is 2. The molecule has 1 heterocycles. The van der Waals surface area contributed by atoms with Crippen molar-refractivity contribution in [3.8, 4) is 22.9 Å². The van der Waals surface area contributed by atoms with E-state index in [9.17, 15) is 0 Å². The molecule has 0 atom stereocenters. The van der Waals surface area contributed by atoms with Crippen molar-refractivity contribution in [1.29, 1.82) is 0 Å². The van der Waals surface area contributed by atoms with Crippen molar-refractivity contribution in [2.45, 2.75) is 13.5 Å². The van der Waals surface area contributed by atoms with Crippen LogP contribution in [-0.2, 0) is 6.54 Å². The highest BCUT2D eigenvalue weighted by atomic mass is 35.5. The van der Waals surface area contributed by atoms with Gasteiger partial charge in [0.1, 0.15) is 0 Å². The zero-order valence-electron chi connectivity index (χ0n) is 14.2. The van der Waals surface area contributed by atoms with Crippen LogP contribution in [0.15, 0.2) is 40.9 Å². The Labute approximate surface area is 150 Å². The van der Waals surface area contributed by atoms with Gasteiger partial charge in [0.15, 0.2) is 11.5 Å². The van der Waals surface area contributed by atoms with Crippen molar-refractivity contribution in [2.75, 3.05) is 19.5 Å². The second-order valence-corrected chi connectivity index (χ2v) is 5.75. The van der Waals surface area contributed by atoms with E-state index in [-0.39, 0.29) is 0 Å². The fraction of sp³-hybridized carbons (Fsp3) is 0.222. The van der Waals surface area contributed by atoms with Crippen LogP contribution in [0.25, 0.3) is 11.4 Å². The number of nitrogens with zero attached hydrogens (tertiary/aromatic N) is 2. The number of hydrogen-bond donors (Lipinski definition) is 1. The lowest BCUT2D eigenvalue weighted by Gasteiger charge is -2.08. The summed E-state index contributed by atoms with van der Waals surface area (Å²) in [6.45, 7) is 2.36. The minimum absolute atomic E-state index is 0.404. The number of nitrogens with one attached hydrogen (secondary N) is 1. The predicted molar refractivity (Wildman–Crippen MR) is 96.4 cm³/mol. The predicted octanol–water partition coefficient (Wildman–Crippen LogP) is 4.33. The van der Waals surface area contributed by atoms with Crippen molar-refractivity contribution < 1.29 is 14.0 Å². The molecule has 25 heavy (non-hydrogen) atoms. The van der Waals surface area contributed by atoms with Crippen molar-refractivity contribution in [3.63, 3.8) is 0 Å². The van der Waals surface area contributed by atoms with Crippen molar-refractivity contribution in [3.05, 3.63) is 52.9 Å². The summed E-state index contributed by atoms with van der Waals surface area (Å²) in [5.41, 5.74) is 2.69. The van der Waals surface area contributed by atoms with Crippen LogP contribution in [-0.4, -0.2) is 24.4 Å². The first-order chi connectivity index (χ1) is 12.1. The van der Waals surface area contributed by atoms with Gasteiger partial charge in [-0.05, 0) is 42.8 Å². The maximum atomic E-state index is 6.12. The molecule has 3 aromatic rings. The summed E-state index contributed by atoms with van der Waals surface area (Å²) in [5.74, 6) is 2.22. The molecule has 0 unspecified atom stereocenters. The molecule has 3 rings (SSSR count). The Kier molecular flexibility index (Phi) is 5.09. The van der Waals surface area contributed by atoms with Crippen LogP contribution in [0.5, 0.6) is 11.5 Å². The van der Waals surface area contributed by atoms with Crippen molar-refractivity contribution in [1.82, 2.24) is 10.1 Å². The largest absolute Gasteiger partial charge is 0.493 e. The molecule has 0 radical (unpaired) electrons. The van der Waals surface area contributed by atoms with Crippen LogP contribution in [0.3, 0.4) is 0 Å². The maximum Gasteiger partial charge on any atom is 0.246 e. The Morgan fingerprint density at radius 1 is 1.12 bits per heavy atom. The lowest BCUT2D eigenvalue weighted by molar-refractivity contribution is 0.355. The van der Waals surface area contributed by atoms with Crippen LogP contribution >= 0.6 is 11.6 Å². The number of halogens is 1. The Morgan fingerprint density at radius 2 is 1.92 bits per heavy atom. The first-order valence-corrected chi connectivity index (χ1v) is 8.04. The summed E-state index contributed by atoms with van der Waals surface area (Å²) in [6, 6.07) is 11.2. The Morgan fingerprint density at radius 3 is 2.68 bits per heavy atom. The molecule has 130 valence electrons. The number of rotatable bonds is 6. The van der Waals surface area contributed by atoms with Crippen molar-refractivity contribution in [2.24, 2.45) is 0 Å². The number of anilines is 1. The third-order valence-corrected chi connectivity index (χ3v) is 4.22. The molecule has 6 nitrogen and oxygen atoms in total. The highest BCUT2D eigenvalue weighted by Gasteiger charge is 2.12. The third-order valence-electron chi connectivity index (χ3n) is 3.81. The second-order valence-electron chi connectivity index (χ2n) is 5.35. The molecule has 0 saturated carbocycles. The van der Waals surface area contributed by atoms with Gasteiger partial charge >= 0.3 is 0 Å². The van der Waals surface area contributed by atoms with Crippen LogP contribution in [0.4, 0.5) is 5.69 Å². The normalized spacial score (nSPS) is 10.6. The van der Waals surface area contributed by atoms with Crippen LogP contribution in [0.1, 0.15) is 11.5 Å². The first-order valence-electron chi connectivity index (χ1n) is 7.66. The third kappa shape index (κ3) is 3.69. The van der Waals surface area contributed by atoms with E-state index in [0.29, 0.717) is 34.8 Å². The average Bonchev–Trinajstić information content (AvgIpc) is 3.11. The van der Waals surface area contributed by atoms with E-state index in [1.165, 1.54) is 0 Å². The number of benzene rings is 2. The SMILES string of the molecule is COc1ccc(-c2noc(CNc3cccc(Cl)c3C)n2)cc1OC. The van der Waals surface area contributed by atoms with Gasteiger partial charge in [0.2, 0.25) is 11.7 Å². The maximum absolute atomic E-state index is 6.12. The van der Waals surface area contributed by atoms with Crippen molar-refractivity contribution >= 4 is 17.3 Å². The van der Waals surface area contributed by atoms with Crippen LogP contribution in [0.2, 0.25) is 5.02 Å². The molecule has 0 amide bonds. The molecule has 0 fully saturated rings. The molecule has 2 aromatic carbocycles. The number of aromatic nitrogens is 2. The lowest BCUT2D eigenvalue weighted by atomic mass is 10.2. The zero-order chi connectivity index (χ0) is 17.8. The fourth-order valence-corrected chi connectivity index (χ4v) is 2.56. The summed E-state index contributed by atoms with van der Waals surface area (Å²) in [4.78, 5) is 4.41. The van der Waals surface area contributed by atoms with Gasteiger partial charge in [0.25, 0.3) is 0 Å². The molecule has 0 spiro atoms. The number of hydrogen-bond acceptors (Lipinski definition) is 6. The molecular weight excluding hydrogens is 342 g/mol. The first kappa shape index (κ1) is 17.1. The van der Waals surface area contributed by atoms with Gasteiger partial charge in [-0.25, -0.2) is 0 Å². The Bertz CT molecular complexity index is 880. The van der Waals surface area contributed by atoms with E-state index >= 15 is 0 Å². The minimum atomic E-state index is 0.404. The van der Waals surface area contributed by atoms with Gasteiger partial charge in [-0.2, -0.15) is 4.98 Å². The Hall–Kier alpha value is -2.73. The minimum Gasteiger partial charge on any atom is -0.493 e. The zero-order valence-corrected chi connectivity index (χ0v) is 14.9. The molecular formula is C18H18ClN3O3. The van der Waals surface area contributed by atoms with Gasteiger partial charge in [-0.1, -0.05) is 22.8 Å². The van der Waals surface area contributed by atoms with E-state index in [0.717, 1.165) is 16.8 Å². The Balaban J connectivity index is 1.75. The van der Waals surface area contributed by atoms with Crippen LogP contribution in [0, 0.1) is 6.92 Å². The summed E-state index contributed by atoms with van der Waals surface area (Å²) < 4.78 is 15.8. The molecule has 0 bridgehead atoms.